The number of rotatable bonds is 11. The Morgan fingerprint density at radius 2 is 1.81 bits per heavy atom. The highest BCUT2D eigenvalue weighted by Crippen LogP contribution is 2.13. The van der Waals surface area contributed by atoms with Crippen LogP contribution < -0.4 is 5.32 Å². The Morgan fingerprint density at radius 1 is 1.15 bits per heavy atom. The molecule has 2 rings (SSSR count). The fraction of sp³-hybridized carbons (Fsp3) is 0.381. The molecule has 2 N–H and O–H groups in total. The van der Waals surface area contributed by atoms with Crippen LogP contribution in [-0.2, 0) is 11.2 Å². The van der Waals surface area contributed by atoms with E-state index < -0.39 is 12.2 Å². The van der Waals surface area contributed by atoms with E-state index in [2.05, 4.69) is 5.32 Å². The van der Waals surface area contributed by atoms with Gasteiger partial charge in [-0.05, 0) is 30.7 Å². The minimum Gasteiger partial charge on any atom is -0.389 e. The standard InChI is InChI=1S/C21H26FNO3.ClH/c1-2-12-23-14-19(24)15-26-20(13-16-8-10-18(22)11-9-16)21(25)17-6-4-3-5-7-17;/h3-11,19-20,23-24H,2,12-15H2,1H3;1H. The molecule has 27 heavy (non-hydrogen) atoms. The van der Waals surface area contributed by atoms with Gasteiger partial charge in [-0.3, -0.25) is 4.79 Å². The van der Waals surface area contributed by atoms with Gasteiger partial charge in [0.1, 0.15) is 11.9 Å². The summed E-state index contributed by atoms with van der Waals surface area (Å²) in [7, 11) is 0. The summed E-state index contributed by atoms with van der Waals surface area (Å²) in [4.78, 5) is 12.8. The van der Waals surface area contributed by atoms with Crippen LogP contribution >= 0.6 is 12.4 Å². The molecule has 0 heterocycles. The first-order chi connectivity index (χ1) is 12.6. The number of aliphatic hydroxyl groups is 1. The van der Waals surface area contributed by atoms with E-state index in [9.17, 15) is 14.3 Å². The van der Waals surface area contributed by atoms with E-state index in [1.165, 1.54) is 12.1 Å². The maximum Gasteiger partial charge on any atom is 0.191 e. The molecule has 0 radical (unpaired) electrons. The predicted octanol–water partition coefficient (Wildman–Crippen LogP) is 3.42. The second-order valence-corrected chi connectivity index (χ2v) is 6.24. The van der Waals surface area contributed by atoms with E-state index >= 15 is 0 Å². The van der Waals surface area contributed by atoms with Crippen molar-refractivity contribution in [3.05, 3.63) is 71.5 Å². The number of carbonyl (C=O) groups is 1. The summed E-state index contributed by atoms with van der Waals surface area (Å²) in [6.07, 6.45) is -0.124. The van der Waals surface area contributed by atoms with Crippen LogP contribution in [0.4, 0.5) is 4.39 Å². The van der Waals surface area contributed by atoms with Crippen LogP contribution in [0.15, 0.2) is 54.6 Å². The minimum atomic E-state index is -0.733. The lowest BCUT2D eigenvalue weighted by Gasteiger charge is -2.20. The first-order valence-corrected chi connectivity index (χ1v) is 8.94. The highest BCUT2D eigenvalue weighted by atomic mass is 35.5. The van der Waals surface area contributed by atoms with Crippen molar-refractivity contribution in [2.75, 3.05) is 19.7 Å². The van der Waals surface area contributed by atoms with Gasteiger partial charge < -0.3 is 15.2 Å². The van der Waals surface area contributed by atoms with Crippen molar-refractivity contribution in [1.82, 2.24) is 5.32 Å². The highest BCUT2D eigenvalue weighted by molar-refractivity contribution is 5.99. The maximum absolute atomic E-state index is 13.1. The summed E-state index contributed by atoms with van der Waals surface area (Å²) in [5, 5.41) is 13.1. The molecule has 2 aromatic carbocycles. The number of nitrogens with one attached hydrogen (secondary N) is 1. The van der Waals surface area contributed by atoms with E-state index in [1.807, 2.05) is 13.0 Å². The normalized spacial score (nSPS) is 12.9. The molecule has 0 spiro atoms. The molecule has 0 amide bonds. The molecule has 0 fully saturated rings. The molecule has 2 aromatic rings. The van der Waals surface area contributed by atoms with Crippen molar-refractivity contribution >= 4 is 18.2 Å². The Balaban J connectivity index is 0.00000364. The number of carbonyl (C=O) groups excluding carboxylic acids is 1. The molecule has 0 saturated heterocycles. The smallest absolute Gasteiger partial charge is 0.191 e. The fourth-order valence-corrected chi connectivity index (χ4v) is 2.58. The van der Waals surface area contributed by atoms with E-state index in [0.29, 0.717) is 18.5 Å². The fourth-order valence-electron chi connectivity index (χ4n) is 2.58. The number of hydrogen-bond donors (Lipinski definition) is 2. The van der Waals surface area contributed by atoms with Gasteiger partial charge >= 0.3 is 0 Å². The predicted molar refractivity (Wildman–Crippen MR) is 107 cm³/mol. The number of aliphatic hydroxyl groups excluding tert-OH is 1. The van der Waals surface area contributed by atoms with Crippen LogP contribution in [0.5, 0.6) is 0 Å². The monoisotopic (exact) mass is 395 g/mol. The molecule has 4 nitrogen and oxygen atoms in total. The molecule has 0 aliphatic heterocycles. The zero-order chi connectivity index (χ0) is 18.8. The van der Waals surface area contributed by atoms with Crippen molar-refractivity contribution in [3.8, 4) is 0 Å². The number of halogens is 2. The lowest BCUT2D eigenvalue weighted by Crippen LogP contribution is -2.35. The number of Topliss-reactive ketones (excluding diaryl/α,β-unsaturated/α-hetero) is 1. The minimum absolute atomic E-state index is 0. The molecule has 6 heteroatoms. The largest absolute Gasteiger partial charge is 0.389 e. The molecule has 0 saturated carbocycles. The van der Waals surface area contributed by atoms with Crippen molar-refractivity contribution in [2.24, 2.45) is 0 Å². The van der Waals surface area contributed by atoms with Gasteiger partial charge in [0.05, 0.1) is 12.7 Å². The van der Waals surface area contributed by atoms with Crippen LogP contribution in [0.25, 0.3) is 0 Å². The summed E-state index contributed by atoms with van der Waals surface area (Å²) in [6, 6.07) is 14.9. The SMILES string of the molecule is CCCNCC(O)COC(Cc1ccc(F)cc1)C(=O)c1ccccc1.Cl. The van der Waals surface area contributed by atoms with Gasteiger partial charge in [0.15, 0.2) is 5.78 Å². The lowest BCUT2D eigenvalue weighted by molar-refractivity contribution is -0.00162. The van der Waals surface area contributed by atoms with Gasteiger partial charge in [0.2, 0.25) is 0 Å². The summed E-state index contributed by atoms with van der Waals surface area (Å²) in [6.45, 7) is 3.34. The van der Waals surface area contributed by atoms with Gasteiger partial charge in [-0.2, -0.15) is 0 Å². The summed E-state index contributed by atoms with van der Waals surface area (Å²) < 4.78 is 18.9. The van der Waals surface area contributed by atoms with Crippen molar-refractivity contribution in [2.45, 2.75) is 32.0 Å². The maximum atomic E-state index is 13.1. The van der Waals surface area contributed by atoms with Gasteiger partial charge in [0.25, 0.3) is 0 Å². The van der Waals surface area contributed by atoms with E-state index in [1.54, 1.807) is 36.4 Å². The Morgan fingerprint density at radius 3 is 2.44 bits per heavy atom. The second-order valence-electron chi connectivity index (χ2n) is 6.24. The molecule has 0 aliphatic rings. The van der Waals surface area contributed by atoms with E-state index in [0.717, 1.165) is 18.5 Å². The number of hydrogen-bond acceptors (Lipinski definition) is 4. The van der Waals surface area contributed by atoms with Crippen LogP contribution in [0, 0.1) is 5.82 Å². The number of ether oxygens (including phenoxy) is 1. The molecule has 0 aromatic heterocycles. The summed E-state index contributed by atoms with van der Waals surface area (Å²) in [5.41, 5.74) is 1.36. The molecule has 2 unspecified atom stereocenters. The molecule has 2 atom stereocenters. The second kappa shape index (κ2) is 12.6. The van der Waals surface area contributed by atoms with Gasteiger partial charge in [-0.25, -0.2) is 4.39 Å². The van der Waals surface area contributed by atoms with E-state index in [4.69, 9.17) is 4.74 Å². The number of ketones is 1. The quantitative estimate of drug-likeness (QED) is 0.452. The molecular formula is C21H27ClFNO3. The number of benzene rings is 2. The summed E-state index contributed by atoms with van der Waals surface area (Å²) in [5.74, 6) is -0.471. The first kappa shape index (κ1) is 23.2. The third-order valence-electron chi connectivity index (χ3n) is 3.98. The van der Waals surface area contributed by atoms with Gasteiger partial charge in [0, 0.05) is 18.5 Å². The average Bonchev–Trinajstić information content (AvgIpc) is 2.67. The molecular weight excluding hydrogens is 369 g/mol. The highest BCUT2D eigenvalue weighted by Gasteiger charge is 2.22. The van der Waals surface area contributed by atoms with Crippen LogP contribution in [0.2, 0.25) is 0 Å². The van der Waals surface area contributed by atoms with Crippen molar-refractivity contribution < 1.29 is 19.0 Å². The zero-order valence-electron chi connectivity index (χ0n) is 15.4. The van der Waals surface area contributed by atoms with Crippen molar-refractivity contribution in [1.29, 1.82) is 0 Å². The Bertz CT molecular complexity index is 667. The third-order valence-corrected chi connectivity index (χ3v) is 3.98. The topological polar surface area (TPSA) is 58.6 Å². The Labute approximate surface area is 166 Å². The van der Waals surface area contributed by atoms with E-state index in [-0.39, 0.29) is 30.6 Å². The average molecular weight is 396 g/mol. The zero-order valence-corrected chi connectivity index (χ0v) is 16.3. The van der Waals surface area contributed by atoms with Crippen LogP contribution in [0.1, 0.15) is 29.3 Å². The Kier molecular flexibility index (Phi) is 10.8. The summed E-state index contributed by atoms with van der Waals surface area (Å²) >= 11 is 0. The lowest BCUT2D eigenvalue weighted by atomic mass is 10.00. The molecule has 0 aliphatic carbocycles. The van der Waals surface area contributed by atoms with Crippen molar-refractivity contribution in [3.63, 3.8) is 0 Å². The van der Waals surface area contributed by atoms with Gasteiger partial charge in [-0.1, -0.05) is 49.4 Å². The van der Waals surface area contributed by atoms with Crippen LogP contribution in [0.3, 0.4) is 0 Å². The first-order valence-electron chi connectivity index (χ1n) is 8.94. The molecule has 148 valence electrons. The third kappa shape index (κ3) is 8.18. The Hall–Kier alpha value is -1.79. The van der Waals surface area contributed by atoms with Crippen LogP contribution in [-0.4, -0.2) is 42.8 Å². The molecule has 0 bridgehead atoms. The van der Waals surface area contributed by atoms with Gasteiger partial charge in [-0.15, -0.1) is 12.4 Å².